The van der Waals surface area contributed by atoms with Crippen molar-refractivity contribution < 1.29 is 23.8 Å². The molecule has 2 aromatic carbocycles. The Morgan fingerprint density at radius 1 is 1.06 bits per heavy atom. The standard InChI is InChI=1S/C24H24N2O5/c1-16(24(28)26-15-17-9-11-20(29-2)21(14-17)30-3)31-22(27)12-10-19-7-4-6-18-8-5-13-25-23(18)19/h4-14,16H,15H2,1-3H3,(H,26,28)/b12-10-/t16-/m1/s1. The number of rotatable bonds is 8. The molecule has 0 unspecified atom stereocenters. The van der Waals surface area contributed by atoms with Crippen LogP contribution < -0.4 is 14.8 Å². The van der Waals surface area contributed by atoms with E-state index in [0.29, 0.717) is 11.5 Å². The van der Waals surface area contributed by atoms with E-state index in [1.807, 2.05) is 36.4 Å². The van der Waals surface area contributed by atoms with Crippen molar-refractivity contribution in [2.45, 2.75) is 19.6 Å². The van der Waals surface area contributed by atoms with Crippen LogP contribution in [-0.4, -0.2) is 37.2 Å². The Morgan fingerprint density at radius 3 is 2.61 bits per heavy atom. The summed E-state index contributed by atoms with van der Waals surface area (Å²) in [4.78, 5) is 28.8. The summed E-state index contributed by atoms with van der Waals surface area (Å²) >= 11 is 0. The minimum atomic E-state index is -0.942. The zero-order chi connectivity index (χ0) is 22.2. The van der Waals surface area contributed by atoms with Crippen molar-refractivity contribution in [3.05, 3.63) is 71.9 Å². The predicted octanol–water partition coefficient (Wildman–Crippen LogP) is 3.51. The first-order valence-electron chi connectivity index (χ1n) is 9.73. The van der Waals surface area contributed by atoms with Gasteiger partial charge in [0.25, 0.3) is 5.91 Å². The van der Waals surface area contributed by atoms with E-state index in [2.05, 4.69) is 10.3 Å². The second-order valence-corrected chi connectivity index (χ2v) is 6.74. The highest BCUT2D eigenvalue weighted by Gasteiger charge is 2.16. The fourth-order valence-corrected chi connectivity index (χ4v) is 3.01. The van der Waals surface area contributed by atoms with Crippen LogP contribution in [0.2, 0.25) is 0 Å². The van der Waals surface area contributed by atoms with Gasteiger partial charge in [-0.2, -0.15) is 0 Å². The summed E-state index contributed by atoms with van der Waals surface area (Å²) in [6.45, 7) is 1.79. The molecular weight excluding hydrogens is 396 g/mol. The van der Waals surface area contributed by atoms with Gasteiger partial charge < -0.3 is 19.5 Å². The number of methoxy groups -OCH3 is 2. The number of hydrogen-bond donors (Lipinski definition) is 1. The largest absolute Gasteiger partial charge is 0.493 e. The Kier molecular flexibility index (Phi) is 7.22. The number of benzene rings is 2. The van der Waals surface area contributed by atoms with Crippen LogP contribution in [-0.2, 0) is 20.9 Å². The number of ether oxygens (including phenoxy) is 3. The summed E-state index contributed by atoms with van der Waals surface area (Å²) in [6, 6.07) is 14.8. The summed E-state index contributed by atoms with van der Waals surface area (Å²) < 4.78 is 15.7. The van der Waals surface area contributed by atoms with Gasteiger partial charge >= 0.3 is 5.97 Å². The second kappa shape index (κ2) is 10.2. The van der Waals surface area contributed by atoms with Crippen molar-refractivity contribution in [3.63, 3.8) is 0 Å². The SMILES string of the molecule is COc1ccc(CNC(=O)[C@@H](C)OC(=O)/C=C\c2cccc3cccnc23)cc1OC. The molecular formula is C24H24N2O5. The molecule has 1 atom stereocenters. The summed E-state index contributed by atoms with van der Waals surface area (Å²) in [5, 5.41) is 3.72. The van der Waals surface area contributed by atoms with E-state index in [9.17, 15) is 9.59 Å². The number of carbonyl (C=O) groups excluding carboxylic acids is 2. The van der Waals surface area contributed by atoms with Gasteiger partial charge in [-0.05, 0) is 36.8 Å². The molecule has 1 N–H and O–H groups in total. The Labute approximate surface area is 180 Å². The first kappa shape index (κ1) is 21.8. The maximum absolute atomic E-state index is 12.3. The summed E-state index contributed by atoms with van der Waals surface area (Å²) in [7, 11) is 3.10. The molecule has 0 aliphatic rings. The van der Waals surface area contributed by atoms with Crippen LogP contribution in [0.15, 0.2) is 60.8 Å². The fourth-order valence-electron chi connectivity index (χ4n) is 3.01. The van der Waals surface area contributed by atoms with Crippen molar-refractivity contribution >= 4 is 28.9 Å². The van der Waals surface area contributed by atoms with Crippen LogP contribution in [0.4, 0.5) is 0 Å². The van der Waals surface area contributed by atoms with Crippen LogP contribution in [0.25, 0.3) is 17.0 Å². The van der Waals surface area contributed by atoms with E-state index in [-0.39, 0.29) is 6.54 Å². The van der Waals surface area contributed by atoms with Crippen molar-refractivity contribution in [1.82, 2.24) is 10.3 Å². The molecule has 0 aliphatic heterocycles. The Morgan fingerprint density at radius 2 is 1.84 bits per heavy atom. The van der Waals surface area contributed by atoms with Gasteiger partial charge in [0.1, 0.15) is 0 Å². The number of hydrogen-bond acceptors (Lipinski definition) is 6. The van der Waals surface area contributed by atoms with E-state index < -0.39 is 18.0 Å². The molecule has 0 saturated heterocycles. The Hall–Kier alpha value is -3.87. The third-order valence-corrected chi connectivity index (χ3v) is 4.64. The third-order valence-electron chi connectivity index (χ3n) is 4.64. The highest BCUT2D eigenvalue weighted by molar-refractivity contribution is 5.94. The predicted molar refractivity (Wildman–Crippen MR) is 118 cm³/mol. The molecule has 160 valence electrons. The van der Waals surface area contributed by atoms with Gasteiger partial charge in [0.05, 0.1) is 19.7 Å². The molecule has 7 heteroatoms. The van der Waals surface area contributed by atoms with Crippen molar-refractivity contribution in [2.75, 3.05) is 14.2 Å². The van der Waals surface area contributed by atoms with Crippen LogP contribution in [0.5, 0.6) is 11.5 Å². The molecule has 0 fully saturated rings. The number of pyridine rings is 1. The van der Waals surface area contributed by atoms with Crippen molar-refractivity contribution in [2.24, 2.45) is 0 Å². The maximum atomic E-state index is 12.3. The average Bonchev–Trinajstić information content (AvgIpc) is 2.80. The highest BCUT2D eigenvalue weighted by atomic mass is 16.5. The van der Waals surface area contributed by atoms with Gasteiger partial charge in [-0.15, -0.1) is 0 Å². The number of para-hydroxylation sites is 1. The number of aromatic nitrogens is 1. The van der Waals surface area contributed by atoms with Gasteiger partial charge in [0.2, 0.25) is 0 Å². The third kappa shape index (κ3) is 5.60. The Balaban J connectivity index is 1.55. The van der Waals surface area contributed by atoms with Crippen molar-refractivity contribution in [1.29, 1.82) is 0 Å². The molecule has 1 heterocycles. The number of nitrogens with one attached hydrogen (secondary N) is 1. The molecule has 31 heavy (non-hydrogen) atoms. The number of amides is 1. The normalized spacial score (nSPS) is 11.8. The smallest absolute Gasteiger partial charge is 0.331 e. The van der Waals surface area contributed by atoms with E-state index in [0.717, 1.165) is 22.0 Å². The number of fused-ring (bicyclic) bond motifs is 1. The zero-order valence-electron chi connectivity index (χ0n) is 17.6. The first-order valence-corrected chi connectivity index (χ1v) is 9.73. The van der Waals surface area contributed by atoms with E-state index in [4.69, 9.17) is 14.2 Å². The van der Waals surface area contributed by atoms with Crippen LogP contribution in [0.1, 0.15) is 18.1 Å². The molecule has 0 spiro atoms. The molecule has 0 radical (unpaired) electrons. The minimum absolute atomic E-state index is 0.262. The van der Waals surface area contributed by atoms with Crippen LogP contribution >= 0.6 is 0 Å². The van der Waals surface area contributed by atoms with Gasteiger partial charge in [0, 0.05) is 29.8 Å². The fraction of sp³-hybridized carbons (Fsp3) is 0.208. The van der Waals surface area contributed by atoms with Gasteiger partial charge in [0.15, 0.2) is 17.6 Å². The summed E-state index contributed by atoms with van der Waals surface area (Å²) in [6.07, 6.45) is 3.68. The monoisotopic (exact) mass is 420 g/mol. The van der Waals surface area contributed by atoms with E-state index >= 15 is 0 Å². The summed E-state index contributed by atoms with van der Waals surface area (Å²) in [5.41, 5.74) is 2.41. The Bertz CT molecular complexity index is 1100. The van der Waals surface area contributed by atoms with Crippen LogP contribution in [0.3, 0.4) is 0 Å². The number of esters is 1. The van der Waals surface area contributed by atoms with Crippen LogP contribution in [0, 0.1) is 0 Å². The van der Waals surface area contributed by atoms with Crippen molar-refractivity contribution in [3.8, 4) is 11.5 Å². The molecule has 0 bridgehead atoms. The number of nitrogens with zero attached hydrogens (tertiary/aromatic N) is 1. The molecule has 1 aromatic heterocycles. The lowest BCUT2D eigenvalue weighted by molar-refractivity contribution is -0.150. The van der Waals surface area contributed by atoms with Gasteiger partial charge in [-0.3, -0.25) is 9.78 Å². The summed E-state index contributed by atoms with van der Waals surface area (Å²) in [5.74, 6) is 0.167. The van der Waals surface area contributed by atoms with Gasteiger partial charge in [-0.1, -0.05) is 30.3 Å². The zero-order valence-corrected chi connectivity index (χ0v) is 17.6. The molecule has 1 amide bonds. The molecule has 3 rings (SSSR count). The van der Waals surface area contributed by atoms with E-state index in [1.165, 1.54) is 13.0 Å². The maximum Gasteiger partial charge on any atom is 0.331 e. The van der Waals surface area contributed by atoms with E-state index in [1.54, 1.807) is 38.6 Å². The molecule has 7 nitrogen and oxygen atoms in total. The van der Waals surface area contributed by atoms with Gasteiger partial charge in [-0.25, -0.2) is 4.79 Å². The quantitative estimate of drug-likeness (QED) is 0.443. The highest BCUT2D eigenvalue weighted by Crippen LogP contribution is 2.27. The first-order chi connectivity index (χ1) is 15.0. The molecule has 0 saturated carbocycles. The molecule has 0 aliphatic carbocycles. The lowest BCUT2D eigenvalue weighted by Crippen LogP contribution is -2.35. The molecule has 3 aromatic rings. The number of carbonyl (C=O) groups is 2. The average molecular weight is 420 g/mol. The second-order valence-electron chi connectivity index (χ2n) is 6.74. The minimum Gasteiger partial charge on any atom is -0.493 e. The lowest BCUT2D eigenvalue weighted by Gasteiger charge is -2.13. The lowest BCUT2D eigenvalue weighted by atomic mass is 10.1. The topological polar surface area (TPSA) is 86.8 Å².